The van der Waals surface area contributed by atoms with Crippen molar-refractivity contribution in [3.63, 3.8) is 0 Å². The number of carbonyl (C=O) groups excluding carboxylic acids is 1. The van der Waals surface area contributed by atoms with Crippen molar-refractivity contribution in [2.24, 2.45) is 0 Å². The lowest BCUT2D eigenvalue weighted by Crippen LogP contribution is -2.18. The number of amides is 1. The van der Waals surface area contributed by atoms with E-state index in [0.717, 1.165) is 54.0 Å². The number of anilines is 1. The fourth-order valence-corrected chi connectivity index (χ4v) is 3.54. The Hall–Kier alpha value is -2.66. The first-order valence-electron chi connectivity index (χ1n) is 9.01. The second-order valence-electron chi connectivity index (χ2n) is 6.72. The van der Waals surface area contributed by atoms with Gasteiger partial charge in [-0.25, -0.2) is 9.07 Å². The summed E-state index contributed by atoms with van der Waals surface area (Å²) in [4.78, 5) is 12.6. The van der Waals surface area contributed by atoms with Crippen molar-refractivity contribution in [1.82, 2.24) is 9.78 Å². The van der Waals surface area contributed by atoms with Gasteiger partial charge in [-0.2, -0.15) is 5.10 Å². The number of carbonyl (C=O) groups is 1. The highest BCUT2D eigenvalue weighted by atomic mass is 35.5. The van der Waals surface area contributed by atoms with Gasteiger partial charge in [-0.3, -0.25) is 4.79 Å². The summed E-state index contributed by atoms with van der Waals surface area (Å²) in [7, 11) is 0. The summed E-state index contributed by atoms with van der Waals surface area (Å²) in [5.41, 5.74) is 3.75. The fourth-order valence-electron chi connectivity index (χ4n) is 3.41. The predicted octanol–water partition coefficient (Wildman–Crippen LogP) is 4.72. The number of benzene rings is 2. The number of rotatable bonds is 4. The highest BCUT2D eigenvalue weighted by molar-refractivity contribution is 6.30. The van der Waals surface area contributed by atoms with Crippen LogP contribution in [0.15, 0.2) is 48.5 Å². The topological polar surface area (TPSA) is 46.9 Å². The third-order valence-electron chi connectivity index (χ3n) is 4.76. The molecule has 1 aliphatic rings. The molecule has 0 unspecified atom stereocenters. The number of aryl methyl sites for hydroxylation is 1. The highest BCUT2D eigenvalue weighted by Gasteiger charge is 2.23. The van der Waals surface area contributed by atoms with Gasteiger partial charge in [0.15, 0.2) is 0 Å². The monoisotopic (exact) mass is 383 g/mol. The zero-order valence-corrected chi connectivity index (χ0v) is 15.5. The molecular weight excluding hydrogens is 365 g/mol. The molecule has 27 heavy (non-hydrogen) atoms. The molecule has 0 saturated carbocycles. The second kappa shape index (κ2) is 7.53. The van der Waals surface area contributed by atoms with E-state index in [1.54, 1.807) is 16.8 Å². The van der Waals surface area contributed by atoms with Gasteiger partial charge in [-0.05, 0) is 67.6 Å². The molecule has 1 amide bonds. The van der Waals surface area contributed by atoms with Crippen molar-refractivity contribution in [3.05, 3.63) is 76.2 Å². The van der Waals surface area contributed by atoms with Crippen LogP contribution in [0, 0.1) is 5.82 Å². The van der Waals surface area contributed by atoms with E-state index in [0.29, 0.717) is 5.02 Å². The molecule has 1 aliphatic carbocycles. The molecule has 0 radical (unpaired) electrons. The van der Waals surface area contributed by atoms with Gasteiger partial charge in [0.05, 0.1) is 17.8 Å². The molecule has 0 saturated heterocycles. The van der Waals surface area contributed by atoms with Crippen molar-refractivity contribution in [1.29, 1.82) is 0 Å². The molecular formula is C21H19ClFN3O. The molecule has 1 N–H and O–H groups in total. The maximum absolute atomic E-state index is 13.1. The normalized spacial score (nSPS) is 13.3. The van der Waals surface area contributed by atoms with E-state index in [4.69, 9.17) is 16.7 Å². The van der Waals surface area contributed by atoms with Gasteiger partial charge in [-0.1, -0.05) is 23.7 Å². The average molecular weight is 384 g/mol. The molecule has 138 valence electrons. The number of nitrogens with one attached hydrogen (secondary N) is 1. The lowest BCUT2D eigenvalue weighted by atomic mass is 9.97. The zero-order chi connectivity index (χ0) is 18.8. The first-order valence-corrected chi connectivity index (χ1v) is 9.39. The van der Waals surface area contributed by atoms with E-state index in [-0.39, 0.29) is 18.1 Å². The van der Waals surface area contributed by atoms with Crippen molar-refractivity contribution in [3.8, 4) is 5.69 Å². The number of aromatic nitrogens is 2. The van der Waals surface area contributed by atoms with Crippen LogP contribution in [0.1, 0.15) is 29.7 Å². The Morgan fingerprint density at radius 3 is 2.52 bits per heavy atom. The quantitative estimate of drug-likeness (QED) is 0.708. The van der Waals surface area contributed by atoms with Gasteiger partial charge < -0.3 is 5.32 Å². The van der Waals surface area contributed by atoms with E-state index in [1.807, 2.05) is 24.3 Å². The SMILES string of the molecule is O=C(Cc1ccc(F)cc1)Nc1c2c(nn1-c1ccc(Cl)cc1)CCCC2. The number of nitrogens with zero attached hydrogens (tertiary/aromatic N) is 2. The van der Waals surface area contributed by atoms with Gasteiger partial charge in [0.2, 0.25) is 5.91 Å². The van der Waals surface area contributed by atoms with Crippen LogP contribution in [0.2, 0.25) is 5.02 Å². The largest absolute Gasteiger partial charge is 0.310 e. The van der Waals surface area contributed by atoms with E-state index >= 15 is 0 Å². The minimum absolute atomic E-state index is 0.148. The summed E-state index contributed by atoms with van der Waals surface area (Å²) in [6.07, 6.45) is 4.18. The first kappa shape index (κ1) is 17.7. The Morgan fingerprint density at radius 1 is 1.07 bits per heavy atom. The molecule has 0 spiro atoms. The van der Waals surface area contributed by atoms with Crippen molar-refractivity contribution in [2.45, 2.75) is 32.1 Å². The van der Waals surface area contributed by atoms with Crippen LogP contribution in [0.5, 0.6) is 0 Å². The summed E-state index contributed by atoms with van der Waals surface area (Å²) in [6.45, 7) is 0. The Labute approximate surface area is 162 Å². The number of hydrogen-bond donors (Lipinski definition) is 1. The van der Waals surface area contributed by atoms with Crippen LogP contribution in [0.4, 0.5) is 10.2 Å². The van der Waals surface area contributed by atoms with Crippen LogP contribution in [0.25, 0.3) is 5.69 Å². The van der Waals surface area contributed by atoms with Crippen LogP contribution >= 0.6 is 11.6 Å². The minimum Gasteiger partial charge on any atom is -0.310 e. The maximum atomic E-state index is 13.1. The molecule has 0 aliphatic heterocycles. The number of fused-ring (bicyclic) bond motifs is 1. The third kappa shape index (κ3) is 3.88. The molecule has 4 rings (SSSR count). The van der Waals surface area contributed by atoms with Crippen LogP contribution in [-0.2, 0) is 24.1 Å². The standard InChI is InChI=1S/C21H19ClFN3O/c22-15-7-11-17(12-8-15)26-21(18-3-1-2-4-19(18)25-26)24-20(27)13-14-5-9-16(23)10-6-14/h5-12H,1-4,13H2,(H,24,27). The molecule has 2 aromatic carbocycles. The van der Waals surface area contributed by atoms with Crippen LogP contribution < -0.4 is 5.32 Å². The lowest BCUT2D eigenvalue weighted by molar-refractivity contribution is -0.115. The molecule has 0 fully saturated rings. The van der Waals surface area contributed by atoms with Crippen molar-refractivity contribution in [2.75, 3.05) is 5.32 Å². The molecule has 1 aromatic heterocycles. The molecule has 4 nitrogen and oxygen atoms in total. The number of hydrogen-bond acceptors (Lipinski definition) is 2. The minimum atomic E-state index is -0.311. The molecule has 6 heteroatoms. The third-order valence-corrected chi connectivity index (χ3v) is 5.02. The van der Waals surface area contributed by atoms with E-state index in [9.17, 15) is 9.18 Å². The predicted molar refractivity (Wildman–Crippen MR) is 104 cm³/mol. The first-order chi connectivity index (χ1) is 13.1. The second-order valence-corrected chi connectivity index (χ2v) is 7.16. The Kier molecular flexibility index (Phi) is 4.94. The summed E-state index contributed by atoms with van der Waals surface area (Å²) in [6, 6.07) is 13.4. The molecule has 0 atom stereocenters. The highest BCUT2D eigenvalue weighted by Crippen LogP contribution is 2.30. The zero-order valence-electron chi connectivity index (χ0n) is 14.7. The van der Waals surface area contributed by atoms with E-state index in [1.165, 1.54) is 12.1 Å². The smallest absolute Gasteiger partial charge is 0.229 e. The number of halogens is 2. The summed E-state index contributed by atoms with van der Waals surface area (Å²) >= 11 is 6.00. The fraction of sp³-hybridized carbons (Fsp3) is 0.238. The summed E-state index contributed by atoms with van der Waals surface area (Å²) in [5, 5.41) is 8.41. The van der Waals surface area contributed by atoms with Gasteiger partial charge in [0.25, 0.3) is 0 Å². The summed E-state index contributed by atoms with van der Waals surface area (Å²) in [5.74, 6) is 0.262. The summed E-state index contributed by atoms with van der Waals surface area (Å²) < 4.78 is 14.9. The average Bonchev–Trinajstić information content (AvgIpc) is 3.03. The lowest BCUT2D eigenvalue weighted by Gasteiger charge is -2.13. The van der Waals surface area contributed by atoms with Gasteiger partial charge in [0.1, 0.15) is 11.6 Å². The molecule has 0 bridgehead atoms. The maximum Gasteiger partial charge on any atom is 0.229 e. The van der Waals surface area contributed by atoms with Crippen molar-refractivity contribution < 1.29 is 9.18 Å². The van der Waals surface area contributed by atoms with Gasteiger partial charge >= 0.3 is 0 Å². The molecule has 3 aromatic rings. The van der Waals surface area contributed by atoms with Crippen molar-refractivity contribution >= 4 is 23.3 Å². The van der Waals surface area contributed by atoms with E-state index in [2.05, 4.69) is 5.32 Å². The van der Waals surface area contributed by atoms with E-state index < -0.39 is 0 Å². The van der Waals surface area contributed by atoms with Crippen LogP contribution in [-0.4, -0.2) is 15.7 Å². The Balaban J connectivity index is 1.64. The van der Waals surface area contributed by atoms with Gasteiger partial charge in [-0.15, -0.1) is 0 Å². The van der Waals surface area contributed by atoms with Gasteiger partial charge in [0, 0.05) is 10.6 Å². The molecule has 1 heterocycles. The van der Waals surface area contributed by atoms with Crippen LogP contribution in [0.3, 0.4) is 0 Å². The Bertz CT molecular complexity index is 964. The Morgan fingerprint density at radius 2 is 1.78 bits per heavy atom.